The van der Waals surface area contributed by atoms with Gasteiger partial charge >= 0.3 is 0 Å². The first-order chi connectivity index (χ1) is 11.7. The molecule has 0 amide bonds. The van der Waals surface area contributed by atoms with Crippen LogP contribution in [0.2, 0.25) is 0 Å². The number of hydrogen-bond donors (Lipinski definition) is 0. The number of carbonyl (C=O) groups is 1. The highest BCUT2D eigenvalue weighted by Gasteiger charge is 2.37. The molecule has 2 aromatic rings. The van der Waals surface area contributed by atoms with E-state index in [0.29, 0.717) is 17.0 Å². The number of anilines is 1. The minimum Gasteiger partial charge on any atom is -0.371 e. The number of pyridine rings is 2. The molecule has 0 bridgehead atoms. The molecule has 0 aromatic carbocycles. The fourth-order valence-corrected chi connectivity index (χ4v) is 3.30. The van der Waals surface area contributed by atoms with E-state index in [-0.39, 0.29) is 18.0 Å². The molecule has 1 saturated carbocycles. The number of aromatic nitrogens is 2. The van der Waals surface area contributed by atoms with Crippen molar-refractivity contribution < 1.29 is 9.53 Å². The molecule has 2 atom stereocenters. The van der Waals surface area contributed by atoms with Gasteiger partial charge in [-0.15, -0.1) is 0 Å². The maximum absolute atomic E-state index is 12.6. The van der Waals surface area contributed by atoms with Gasteiger partial charge in [0.25, 0.3) is 0 Å². The van der Waals surface area contributed by atoms with E-state index in [4.69, 9.17) is 4.74 Å². The molecule has 0 radical (unpaired) electrons. The second kappa shape index (κ2) is 6.32. The summed E-state index contributed by atoms with van der Waals surface area (Å²) in [4.78, 5) is 23.4. The van der Waals surface area contributed by atoms with Gasteiger partial charge in [-0.05, 0) is 49.9 Å². The van der Waals surface area contributed by atoms with E-state index in [9.17, 15) is 4.79 Å². The number of nitrogens with zero attached hydrogens (tertiary/aromatic N) is 3. The first-order valence-electron chi connectivity index (χ1n) is 8.52. The summed E-state index contributed by atoms with van der Waals surface area (Å²) in [7, 11) is 0. The number of carbonyl (C=O) groups excluding carboxylic acids is 1. The van der Waals surface area contributed by atoms with Crippen molar-refractivity contribution in [3.05, 3.63) is 54.0 Å². The van der Waals surface area contributed by atoms with Crippen molar-refractivity contribution in [1.82, 2.24) is 9.97 Å². The van der Waals surface area contributed by atoms with Crippen molar-refractivity contribution >= 4 is 11.6 Å². The average Bonchev–Trinajstić information content (AvgIpc) is 3.47. The molecule has 2 aromatic heterocycles. The van der Waals surface area contributed by atoms with Gasteiger partial charge in [0.1, 0.15) is 5.82 Å². The number of ketones is 1. The Kier molecular flexibility index (Phi) is 4.02. The van der Waals surface area contributed by atoms with E-state index >= 15 is 0 Å². The van der Waals surface area contributed by atoms with Crippen molar-refractivity contribution in [2.75, 3.05) is 18.0 Å². The van der Waals surface area contributed by atoms with E-state index in [1.54, 1.807) is 36.8 Å². The Bertz CT molecular complexity index is 730. The van der Waals surface area contributed by atoms with Crippen molar-refractivity contribution in [2.24, 2.45) is 5.92 Å². The lowest BCUT2D eigenvalue weighted by Gasteiger charge is -2.37. The molecule has 1 saturated heterocycles. The summed E-state index contributed by atoms with van der Waals surface area (Å²) in [5.41, 5.74) is 1.25. The summed E-state index contributed by atoms with van der Waals surface area (Å²) in [6, 6.07) is 7.22. The quantitative estimate of drug-likeness (QED) is 0.810. The number of hydrogen-bond acceptors (Lipinski definition) is 5. The van der Waals surface area contributed by atoms with Crippen LogP contribution in [0.15, 0.2) is 42.9 Å². The lowest BCUT2D eigenvalue weighted by atomic mass is 10.1. The van der Waals surface area contributed by atoms with Crippen LogP contribution in [0, 0.1) is 5.92 Å². The zero-order chi connectivity index (χ0) is 16.5. The smallest absolute Gasteiger partial charge is 0.194 e. The summed E-state index contributed by atoms with van der Waals surface area (Å²) < 4.78 is 6.06. The highest BCUT2D eigenvalue weighted by Crippen LogP contribution is 2.37. The maximum Gasteiger partial charge on any atom is 0.194 e. The Morgan fingerprint density at radius 3 is 2.83 bits per heavy atom. The predicted octanol–water partition coefficient (Wildman–Crippen LogP) is 2.71. The van der Waals surface area contributed by atoms with Gasteiger partial charge in [0, 0.05) is 42.8 Å². The summed E-state index contributed by atoms with van der Waals surface area (Å²) in [6.07, 6.45) is 7.98. The van der Waals surface area contributed by atoms with Crippen LogP contribution in [0.3, 0.4) is 0 Å². The van der Waals surface area contributed by atoms with Gasteiger partial charge in [0.05, 0.1) is 12.2 Å². The number of rotatable bonds is 4. The maximum atomic E-state index is 12.6. The van der Waals surface area contributed by atoms with Crippen LogP contribution in [0.5, 0.6) is 0 Å². The molecule has 5 heteroatoms. The molecule has 1 aliphatic carbocycles. The predicted molar refractivity (Wildman–Crippen MR) is 91.2 cm³/mol. The fraction of sp³-hybridized carbons (Fsp3) is 0.421. The molecule has 4 rings (SSSR count). The molecular weight excluding hydrogens is 302 g/mol. The third-order valence-electron chi connectivity index (χ3n) is 4.69. The van der Waals surface area contributed by atoms with Crippen LogP contribution in [0.4, 0.5) is 5.82 Å². The van der Waals surface area contributed by atoms with E-state index in [1.807, 2.05) is 6.07 Å². The molecule has 2 aliphatic rings. The third-order valence-corrected chi connectivity index (χ3v) is 4.69. The average molecular weight is 323 g/mol. The lowest BCUT2D eigenvalue weighted by Crippen LogP contribution is -2.47. The Labute approximate surface area is 141 Å². The van der Waals surface area contributed by atoms with E-state index < -0.39 is 0 Å². The van der Waals surface area contributed by atoms with Crippen molar-refractivity contribution in [3.8, 4) is 0 Å². The minimum atomic E-state index is -0.0215. The van der Waals surface area contributed by atoms with E-state index in [1.165, 1.54) is 12.8 Å². The summed E-state index contributed by atoms with van der Waals surface area (Å²) >= 11 is 0. The van der Waals surface area contributed by atoms with Gasteiger partial charge < -0.3 is 9.64 Å². The third kappa shape index (κ3) is 3.17. The Morgan fingerprint density at radius 2 is 2.08 bits per heavy atom. The van der Waals surface area contributed by atoms with Gasteiger partial charge in [-0.1, -0.05) is 0 Å². The monoisotopic (exact) mass is 323 g/mol. The Hall–Kier alpha value is -2.27. The molecule has 3 heterocycles. The highest BCUT2D eigenvalue weighted by atomic mass is 16.5. The molecular formula is C19H21N3O2. The summed E-state index contributed by atoms with van der Waals surface area (Å²) in [5.74, 6) is 1.52. The second-order valence-corrected chi connectivity index (χ2v) is 6.70. The largest absolute Gasteiger partial charge is 0.371 e. The molecule has 5 nitrogen and oxygen atoms in total. The number of morpholine rings is 1. The second-order valence-electron chi connectivity index (χ2n) is 6.70. The minimum absolute atomic E-state index is 0.0215. The molecule has 0 N–H and O–H groups in total. The first kappa shape index (κ1) is 15.3. The molecule has 2 fully saturated rings. The fourth-order valence-electron chi connectivity index (χ4n) is 3.30. The standard InChI is InChI=1S/C19H21N3O2/c1-13-11-22(12-17(24-13)14-4-5-14)18-9-15(6-8-21-18)19(23)16-3-2-7-20-10-16/h2-3,6-10,13-14,17H,4-5,11-12H2,1H3. The number of ether oxygens (including phenoxy) is 1. The highest BCUT2D eigenvalue weighted by molar-refractivity contribution is 6.09. The topological polar surface area (TPSA) is 55.3 Å². The normalized spacial score (nSPS) is 24.0. The molecule has 1 aliphatic heterocycles. The zero-order valence-corrected chi connectivity index (χ0v) is 13.8. The first-order valence-corrected chi connectivity index (χ1v) is 8.52. The SMILES string of the molecule is CC1CN(c2cc(C(=O)c3cccnc3)ccn2)CC(C2CC2)O1. The van der Waals surface area contributed by atoms with Crippen LogP contribution in [0.1, 0.15) is 35.7 Å². The van der Waals surface area contributed by atoms with E-state index in [0.717, 1.165) is 18.9 Å². The van der Waals surface area contributed by atoms with Crippen LogP contribution in [-0.4, -0.2) is 41.0 Å². The Morgan fingerprint density at radius 1 is 1.21 bits per heavy atom. The van der Waals surface area contributed by atoms with Crippen LogP contribution in [0.25, 0.3) is 0 Å². The van der Waals surface area contributed by atoms with Gasteiger partial charge in [0.2, 0.25) is 0 Å². The van der Waals surface area contributed by atoms with Crippen molar-refractivity contribution in [1.29, 1.82) is 0 Å². The van der Waals surface area contributed by atoms with Crippen molar-refractivity contribution in [2.45, 2.75) is 32.0 Å². The van der Waals surface area contributed by atoms with Gasteiger partial charge in [0.15, 0.2) is 5.78 Å². The molecule has 24 heavy (non-hydrogen) atoms. The lowest BCUT2D eigenvalue weighted by molar-refractivity contribution is -0.0273. The van der Waals surface area contributed by atoms with Gasteiger partial charge in [-0.25, -0.2) is 4.98 Å². The van der Waals surface area contributed by atoms with Crippen LogP contribution >= 0.6 is 0 Å². The van der Waals surface area contributed by atoms with Crippen LogP contribution in [-0.2, 0) is 4.74 Å². The van der Waals surface area contributed by atoms with Gasteiger partial charge in [-0.3, -0.25) is 9.78 Å². The molecule has 124 valence electrons. The Balaban J connectivity index is 1.57. The van der Waals surface area contributed by atoms with Crippen molar-refractivity contribution in [3.63, 3.8) is 0 Å². The molecule has 2 unspecified atom stereocenters. The van der Waals surface area contributed by atoms with E-state index in [2.05, 4.69) is 21.8 Å². The zero-order valence-electron chi connectivity index (χ0n) is 13.8. The summed E-state index contributed by atoms with van der Waals surface area (Å²) in [5, 5.41) is 0. The summed E-state index contributed by atoms with van der Waals surface area (Å²) in [6.45, 7) is 3.76. The van der Waals surface area contributed by atoms with Crippen LogP contribution < -0.4 is 4.90 Å². The molecule has 0 spiro atoms. The van der Waals surface area contributed by atoms with Gasteiger partial charge in [-0.2, -0.15) is 0 Å².